The largest absolute Gasteiger partial charge is 0.476 e. The summed E-state index contributed by atoms with van der Waals surface area (Å²) in [6.07, 6.45) is 3.35. The lowest BCUT2D eigenvalue weighted by atomic mass is 9.92. The number of para-hydroxylation sites is 2. The van der Waals surface area contributed by atoms with E-state index in [2.05, 4.69) is 0 Å². The van der Waals surface area contributed by atoms with Crippen molar-refractivity contribution in [3.05, 3.63) is 53.6 Å². The molecule has 3 aliphatic rings. The Hall–Kier alpha value is -2.91. The molecule has 180 valence electrons. The Balaban J connectivity index is 1.26. The maximum Gasteiger partial charge on any atom is 0.265 e. The number of hydrogen-bond donors (Lipinski definition) is 0. The maximum atomic E-state index is 13.3. The fourth-order valence-electron chi connectivity index (χ4n) is 5.03. The molecule has 0 aromatic heterocycles. The minimum atomic E-state index is -3.62. The van der Waals surface area contributed by atoms with E-state index in [1.165, 1.54) is 16.8 Å². The Kier molecular flexibility index (Phi) is 6.07. The van der Waals surface area contributed by atoms with Gasteiger partial charge in [0, 0.05) is 33.1 Å². The first kappa shape index (κ1) is 22.9. The van der Waals surface area contributed by atoms with E-state index < -0.39 is 16.1 Å². The molecule has 2 aromatic carbocycles. The summed E-state index contributed by atoms with van der Waals surface area (Å²) >= 11 is 0. The zero-order valence-corrected chi connectivity index (χ0v) is 20.1. The molecule has 5 rings (SSSR count). The lowest BCUT2D eigenvalue weighted by Crippen LogP contribution is -2.56. The van der Waals surface area contributed by atoms with Crippen LogP contribution in [-0.2, 0) is 32.5 Å². The van der Waals surface area contributed by atoms with E-state index in [0.29, 0.717) is 16.3 Å². The van der Waals surface area contributed by atoms with Gasteiger partial charge in [-0.15, -0.1) is 0 Å². The first-order valence-corrected chi connectivity index (χ1v) is 13.2. The monoisotopic (exact) mass is 483 g/mol. The normalized spacial score (nSPS) is 20.8. The third-order valence-electron chi connectivity index (χ3n) is 6.94. The summed E-state index contributed by atoms with van der Waals surface area (Å²) in [6.45, 7) is 2.62. The van der Waals surface area contributed by atoms with Crippen LogP contribution in [0.5, 0.6) is 5.75 Å². The summed E-state index contributed by atoms with van der Waals surface area (Å²) in [5, 5.41) is 0. The van der Waals surface area contributed by atoms with Crippen LogP contribution in [0.25, 0.3) is 0 Å². The van der Waals surface area contributed by atoms with Crippen molar-refractivity contribution >= 4 is 27.5 Å². The van der Waals surface area contributed by atoms with Crippen molar-refractivity contribution < 1.29 is 22.7 Å². The van der Waals surface area contributed by atoms with Crippen LogP contribution in [0, 0.1) is 0 Å². The smallest absolute Gasteiger partial charge is 0.265 e. The first-order valence-electron chi connectivity index (χ1n) is 11.8. The second-order valence-corrected chi connectivity index (χ2v) is 11.0. The van der Waals surface area contributed by atoms with Gasteiger partial charge < -0.3 is 14.5 Å². The molecule has 2 heterocycles. The Morgan fingerprint density at radius 3 is 2.38 bits per heavy atom. The van der Waals surface area contributed by atoms with Gasteiger partial charge in [0.2, 0.25) is 15.9 Å². The number of fused-ring (bicyclic) bond motifs is 2. The van der Waals surface area contributed by atoms with Gasteiger partial charge >= 0.3 is 0 Å². The summed E-state index contributed by atoms with van der Waals surface area (Å²) < 4.78 is 33.9. The molecular weight excluding hydrogens is 454 g/mol. The molecular formula is C25H29N3O5S. The van der Waals surface area contributed by atoms with Crippen molar-refractivity contribution in [1.82, 2.24) is 9.21 Å². The minimum absolute atomic E-state index is 0.138. The standard InChI is InChI=1S/C25H29N3O5S/c1-18(29)28-17-24(33-23-9-5-4-8-22(23)28)25(30)26-12-14-27(15-13-26)34(31,32)21-11-10-19-6-2-3-7-20(19)16-21/h4-5,8-11,16,24H,2-3,6-7,12-15,17H2,1H3/t24-/m1/s1. The van der Waals surface area contributed by atoms with Crippen LogP contribution in [0.1, 0.15) is 30.9 Å². The van der Waals surface area contributed by atoms with E-state index in [9.17, 15) is 18.0 Å². The lowest BCUT2D eigenvalue weighted by molar-refractivity contribution is -0.140. The van der Waals surface area contributed by atoms with Crippen molar-refractivity contribution in [1.29, 1.82) is 0 Å². The molecule has 1 aliphatic carbocycles. The van der Waals surface area contributed by atoms with Crippen LogP contribution >= 0.6 is 0 Å². The number of carbonyl (C=O) groups is 2. The third kappa shape index (κ3) is 4.18. The van der Waals surface area contributed by atoms with Crippen molar-refractivity contribution in [2.24, 2.45) is 0 Å². The van der Waals surface area contributed by atoms with Gasteiger partial charge in [0.1, 0.15) is 5.75 Å². The number of piperazine rings is 1. The molecule has 1 atom stereocenters. The van der Waals surface area contributed by atoms with E-state index in [4.69, 9.17) is 4.74 Å². The van der Waals surface area contributed by atoms with E-state index in [0.717, 1.165) is 31.2 Å². The molecule has 0 N–H and O–H groups in total. The molecule has 9 heteroatoms. The zero-order chi connectivity index (χ0) is 23.9. The van der Waals surface area contributed by atoms with Crippen molar-refractivity contribution in [3.63, 3.8) is 0 Å². The van der Waals surface area contributed by atoms with Crippen molar-refractivity contribution in [2.75, 3.05) is 37.6 Å². The Morgan fingerprint density at radius 1 is 0.941 bits per heavy atom. The van der Waals surface area contributed by atoms with Crippen LogP contribution in [0.4, 0.5) is 5.69 Å². The van der Waals surface area contributed by atoms with E-state index in [1.54, 1.807) is 34.1 Å². The zero-order valence-electron chi connectivity index (χ0n) is 19.3. The predicted molar refractivity (Wildman–Crippen MR) is 127 cm³/mol. The molecule has 34 heavy (non-hydrogen) atoms. The van der Waals surface area contributed by atoms with Crippen LogP contribution in [0.15, 0.2) is 47.4 Å². The third-order valence-corrected chi connectivity index (χ3v) is 8.83. The van der Waals surface area contributed by atoms with Crippen LogP contribution < -0.4 is 9.64 Å². The fourth-order valence-corrected chi connectivity index (χ4v) is 6.51. The molecule has 8 nitrogen and oxygen atoms in total. The van der Waals surface area contributed by atoms with E-state index in [1.807, 2.05) is 18.2 Å². The number of rotatable bonds is 3. The quantitative estimate of drug-likeness (QED) is 0.668. The predicted octanol–water partition coefficient (Wildman–Crippen LogP) is 2.21. The first-order chi connectivity index (χ1) is 16.3. The van der Waals surface area contributed by atoms with Crippen LogP contribution in [0.2, 0.25) is 0 Å². The van der Waals surface area contributed by atoms with E-state index >= 15 is 0 Å². The van der Waals surface area contributed by atoms with Gasteiger partial charge in [-0.1, -0.05) is 18.2 Å². The highest BCUT2D eigenvalue weighted by molar-refractivity contribution is 7.89. The van der Waals surface area contributed by atoms with Crippen LogP contribution in [-0.4, -0.2) is 68.3 Å². The Morgan fingerprint density at radius 2 is 1.65 bits per heavy atom. The highest BCUT2D eigenvalue weighted by atomic mass is 32.2. The second-order valence-electron chi connectivity index (χ2n) is 9.07. The number of ether oxygens (including phenoxy) is 1. The fraction of sp³-hybridized carbons (Fsp3) is 0.440. The molecule has 0 saturated carbocycles. The minimum Gasteiger partial charge on any atom is -0.476 e. The number of aryl methyl sites for hydroxylation is 2. The maximum absolute atomic E-state index is 13.3. The van der Waals surface area contributed by atoms with Gasteiger partial charge in [-0.2, -0.15) is 4.31 Å². The highest BCUT2D eigenvalue weighted by Gasteiger charge is 2.37. The topological polar surface area (TPSA) is 87.2 Å². The average molecular weight is 484 g/mol. The molecule has 1 saturated heterocycles. The molecule has 0 unspecified atom stereocenters. The molecule has 0 bridgehead atoms. The van der Waals surface area contributed by atoms with E-state index in [-0.39, 0.29) is 44.5 Å². The van der Waals surface area contributed by atoms with Gasteiger partial charge in [0.05, 0.1) is 17.1 Å². The molecule has 2 aromatic rings. The molecule has 1 fully saturated rings. The summed E-state index contributed by atoms with van der Waals surface area (Å²) in [5.74, 6) is 0.108. The van der Waals surface area contributed by atoms with Crippen LogP contribution in [0.3, 0.4) is 0 Å². The highest BCUT2D eigenvalue weighted by Crippen LogP contribution is 2.34. The van der Waals surface area contributed by atoms with Crippen molar-refractivity contribution in [3.8, 4) is 5.75 Å². The SMILES string of the molecule is CC(=O)N1C[C@H](C(=O)N2CCN(S(=O)(=O)c3ccc4c(c3)CCCC4)CC2)Oc2ccccc21. The average Bonchev–Trinajstić information content (AvgIpc) is 2.87. The Bertz CT molecular complexity index is 1220. The number of nitrogens with zero attached hydrogens (tertiary/aromatic N) is 3. The van der Waals surface area contributed by atoms with Gasteiger partial charge in [-0.3, -0.25) is 9.59 Å². The summed E-state index contributed by atoms with van der Waals surface area (Å²) in [5.41, 5.74) is 3.03. The molecule has 2 aliphatic heterocycles. The number of sulfonamides is 1. The van der Waals surface area contributed by atoms with Gasteiger partial charge in [-0.05, 0) is 61.1 Å². The number of hydrogen-bond acceptors (Lipinski definition) is 5. The van der Waals surface area contributed by atoms with Gasteiger partial charge in [0.25, 0.3) is 5.91 Å². The lowest BCUT2D eigenvalue weighted by Gasteiger charge is -2.39. The number of carbonyl (C=O) groups excluding carboxylic acids is 2. The summed E-state index contributed by atoms with van der Waals surface area (Å²) in [7, 11) is -3.62. The van der Waals surface area contributed by atoms with Gasteiger partial charge in [0.15, 0.2) is 6.10 Å². The number of amides is 2. The van der Waals surface area contributed by atoms with Crippen molar-refractivity contribution in [2.45, 2.75) is 43.6 Å². The summed E-state index contributed by atoms with van der Waals surface area (Å²) in [6, 6.07) is 12.6. The molecule has 0 spiro atoms. The molecule has 0 radical (unpaired) electrons. The Labute approximate surface area is 200 Å². The van der Waals surface area contributed by atoms with Gasteiger partial charge in [-0.25, -0.2) is 8.42 Å². The number of benzene rings is 2. The molecule has 2 amide bonds. The second kappa shape index (κ2) is 9.03. The summed E-state index contributed by atoms with van der Waals surface area (Å²) in [4.78, 5) is 28.9. The number of anilines is 1.